The van der Waals surface area contributed by atoms with Crippen LogP contribution in [0.1, 0.15) is 16.7 Å². The molecular weight excluding hydrogens is 230 g/mol. The van der Waals surface area contributed by atoms with Gasteiger partial charge in [0.25, 0.3) is 0 Å². The standard InChI is InChI=1S/C18H21N/c1-13-8-6-7-9-17(13)18-12-16(11-10-14(18)2)15(3)19(4)5/h6-12H,3H2,1-2,4-5H3. The van der Waals surface area contributed by atoms with Gasteiger partial charge in [0, 0.05) is 19.8 Å². The molecule has 0 N–H and O–H groups in total. The Bertz CT molecular complexity index is 609. The molecule has 0 fully saturated rings. The Morgan fingerprint density at radius 2 is 1.53 bits per heavy atom. The van der Waals surface area contributed by atoms with E-state index in [1.807, 2.05) is 19.0 Å². The zero-order valence-electron chi connectivity index (χ0n) is 12.2. The van der Waals surface area contributed by atoms with Gasteiger partial charge in [-0.05, 0) is 47.7 Å². The van der Waals surface area contributed by atoms with Crippen LogP contribution in [0.3, 0.4) is 0 Å². The molecule has 0 unspecified atom stereocenters. The third kappa shape index (κ3) is 2.70. The minimum Gasteiger partial charge on any atom is -0.378 e. The second-order valence-corrected chi connectivity index (χ2v) is 5.19. The maximum absolute atomic E-state index is 4.14. The Kier molecular flexibility index (Phi) is 3.75. The van der Waals surface area contributed by atoms with E-state index in [9.17, 15) is 0 Å². The predicted octanol–water partition coefficient (Wildman–Crippen LogP) is 4.50. The summed E-state index contributed by atoms with van der Waals surface area (Å²) in [5, 5.41) is 0. The Morgan fingerprint density at radius 1 is 0.895 bits per heavy atom. The predicted molar refractivity (Wildman–Crippen MR) is 84.1 cm³/mol. The molecule has 0 saturated heterocycles. The van der Waals surface area contributed by atoms with Crippen LogP contribution >= 0.6 is 0 Å². The lowest BCUT2D eigenvalue weighted by molar-refractivity contribution is 0.593. The van der Waals surface area contributed by atoms with Crippen molar-refractivity contribution in [3.05, 3.63) is 65.7 Å². The number of hydrogen-bond acceptors (Lipinski definition) is 1. The van der Waals surface area contributed by atoms with E-state index in [0.717, 1.165) is 5.70 Å². The molecule has 0 atom stereocenters. The lowest BCUT2D eigenvalue weighted by Gasteiger charge is -2.18. The normalized spacial score (nSPS) is 10.3. The fourth-order valence-electron chi connectivity index (χ4n) is 2.22. The molecule has 0 radical (unpaired) electrons. The summed E-state index contributed by atoms with van der Waals surface area (Å²) in [6, 6.07) is 15.1. The van der Waals surface area contributed by atoms with Crippen molar-refractivity contribution in [1.29, 1.82) is 0 Å². The maximum atomic E-state index is 4.14. The number of nitrogens with zero attached hydrogens (tertiary/aromatic N) is 1. The van der Waals surface area contributed by atoms with Crippen LogP contribution in [0, 0.1) is 13.8 Å². The lowest BCUT2D eigenvalue weighted by Crippen LogP contribution is -2.08. The minimum atomic E-state index is 1.04. The lowest BCUT2D eigenvalue weighted by atomic mass is 9.94. The van der Waals surface area contributed by atoms with E-state index in [1.54, 1.807) is 0 Å². The fourth-order valence-corrected chi connectivity index (χ4v) is 2.22. The van der Waals surface area contributed by atoms with Crippen LogP contribution in [0.15, 0.2) is 49.0 Å². The van der Waals surface area contributed by atoms with Gasteiger partial charge in [0.15, 0.2) is 0 Å². The first kappa shape index (κ1) is 13.4. The summed E-state index contributed by atoms with van der Waals surface area (Å²) in [5.74, 6) is 0. The van der Waals surface area contributed by atoms with Crippen molar-refractivity contribution in [2.24, 2.45) is 0 Å². The second kappa shape index (κ2) is 5.31. The first-order valence-electron chi connectivity index (χ1n) is 6.54. The molecule has 1 heteroatoms. The molecule has 0 heterocycles. The molecule has 2 rings (SSSR count). The van der Waals surface area contributed by atoms with E-state index >= 15 is 0 Å². The number of rotatable bonds is 3. The summed E-state index contributed by atoms with van der Waals surface area (Å²) >= 11 is 0. The molecule has 0 saturated carbocycles. The molecular formula is C18H21N. The quantitative estimate of drug-likeness (QED) is 0.776. The van der Waals surface area contributed by atoms with Gasteiger partial charge in [-0.25, -0.2) is 0 Å². The van der Waals surface area contributed by atoms with Crippen molar-refractivity contribution in [2.45, 2.75) is 13.8 Å². The van der Waals surface area contributed by atoms with Crippen molar-refractivity contribution in [2.75, 3.05) is 14.1 Å². The number of benzene rings is 2. The topological polar surface area (TPSA) is 3.24 Å². The molecule has 0 spiro atoms. The van der Waals surface area contributed by atoms with Crippen molar-refractivity contribution in [3.63, 3.8) is 0 Å². The summed E-state index contributed by atoms with van der Waals surface area (Å²) in [7, 11) is 4.05. The first-order valence-corrected chi connectivity index (χ1v) is 6.54. The van der Waals surface area contributed by atoms with Crippen LogP contribution in [0.2, 0.25) is 0 Å². The van der Waals surface area contributed by atoms with Gasteiger partial charge in [-0.1, -0.05) is 43.0 Å². The zero-order valence-corrected chi connectivity index (χ0v) is 12.2. The SMILES string of the molecule is C=C(c1ccc(C)c(-c2ccccc2C)c1)N(C)C. The van der Waals surface area contributed by atoms with E-state index in [-0.39, 0.29) is 0 Å². The van der Waals surface area contributed by atoms with Crippen molar-refractivity contribution >= 4 is 5.70 Å². The van der Waals surface area contributed by atoms with Gasteiger partial charge in [0.2, 0.25) is 0 Å². The Balaban J connectivity index is 2.55. The van der Waals surface area contributed by atoms with Crippen LogP contribution in [-0.4, -0.2) is 19.0 Å². The Hall–Kier alpha value is -2.02. The number of hydrogen-bond donors (Lipinski definition) is 0. The van der Waals surface area contributed by atoms with E-state index in [0.29, 0.717) is 0 Å². The fraction of sp³-hybridized carbons (Fsp3) is 0.222. The first-order chi connectivity index (χ1) is 9.00. The molecule has 2 aromatic carbocycles. The van der Waals surface area contributed by atoms with Crippen LogP contribution in [-0.2, 0) is 0 Å². The van der Waals surface area contributed by atoms with E-state index in [2.05, 4.69) is 62.9 Å². The molecule has 0 aliphatic carbocycles. The van der Waals surface area contributed by atoms with Gasteiger partial charge in [-0.3, -0.25) is 0 Å². The van der Waals surface area contributed by atoms with Gasteiger partial charge in [0.1, 0.15) is 0 Å². The highest BCUT2D eigenvalue weighted by Gasteiger charge is 2.08. The highest BCUT2D eigenvalue weighted by atomic mass is 15.1. The number of aryl methyl sites for hydroxylation is 2. The van der Waals surface area contributed by atoms with Crippen LogP contribution in [0.4, 0.5) is 0 Å². The molecule has 98 valence electrons. The van der Waals surface area contributed by atoms with E-state index in [1.165, 1.54) is 27.8 Å². The molecule has 2 aromatic rings. The summed E-state index contributed by atoms with van der Waals surface area (Å²) < 4.78 is 0. The van der Waals surface area contributed by atoms with E-state index < -0.39 is 0 Å². The van der Waals surface area contributed by atoms with Crippen LogP contribution in [0.25, 0.3) is 16.8 Å². The third-order valence-corrected chi connectivity index (χ3v) is 3.55. The van der Waals surface area contributed by atoms with Crippen LogP contribution in [0.5, 0.6) is 0 Å². The monoisotopic (exact) mass is 251 g/mol. The molecule has 0 aromatic heterocycles. The third-order valence-electron chi connectivity index (χ3n) is 3.55. The molecule has 1 nitrogen and oxygen atoms in total. The molecule has 0 aliphatic rings. The zero-order chi connectivity index (χ0) is 14.0. The van der Waals surface area contributed by atoms with Gasteiger partial charge >= 0.3 is 0 Å². The van der Waals surface area contributed by atoms with Crippen molar-refractivity contribution in [3.8, 4) is 11.1 Å². The van der Waals surface area contributed by atoms with Gasteiger partial charge < -0.3 is 4.90 Å². The van der Waals surface area contributed by atoms with Crippen LogP contribution < -0.4 is 0 Å². The van der Waals surface area contributed by atoms with Gasteiger partial charge in [-0.2, -0.15) is 0 Å². The highest BCUT2D eigenvalue weighted by Crippen LogP contribution is 2.29. The van der Waals surface area contributed by atoms with E-state index in [4.69, 9.17) is 0 Å². The van der Waals surface area contributed by atoms with Crippen molar-refractivity contribution in [1.82, 2.24) is 4.90 Å². The molecule has 0 bridgehead atoms. The van der Waals surface area contributed by atoms with Crippen molar-refractivity contribution < 1.29 is 0 Å². The maximum Gasteiger partial charge on any atom is 0.0361 e. The van der Waals surface area contributed by atoms with Gasteiger partial charge in [-0.15, -0.1) is 0 Å². The Morgan fingerprint density at radius 3 is 2.16 bits per heavy atom. The smallest absolute Gasteiger partial charge is 0.0361 e. The summed E-state index contributed by atoms with van der Waals surface area (Å²) in [4.78, 5) is 2.05. The summed E-state index contributed by atoms with van der Waals surface area (Å²) in [6.07, 6.45) is 0. The summed E-state index contributed by atoms with van der Waals surface area (Å²) in [5.41, 5.74) is 7.40. The highest BCUT2D eigenvalue weighted by molar-refractivity contribution is 5.75. The molecule has 0 aliphatic heterocycles. The molecule has 19 heavy (non-hydrogen) atoms. The minimum absolute atomic E-state index is 1.04. The average molecular weight is 251 g/mol. The molecule has 0 amide bonds. The Labute approximate surface area is 116 Å². The second-order valence-electron chi connectivity index (χ2n) is 5.19. The summed E-state index contributed by atoms with van der Waals surface area (Å²) in [6.45, 7) is 8.45. The van der Waals surface area contributed by atoms with Gasteiger partial charge in [0.05, 0.1) is 0 Å². The largest absolute Gasteiger partial charge is 0.378 e. The average Bonchev–Trinajstić information content (AvgIpc) is 2.39.